The molecule has 0 bridgehead atoms. The average Bonchev–Trinajstić information content (AvgIpc) is 2.30. The van der Waals surface area contributed by atoms with Crippen LogP contribution in [0, 0.1) is 5.82 Å². The number of aliphatic carboxylic acids is 1. The molecule has 0 aliphatic rings. The van der Waals surface area contributed by atoms with E-state index in [4.69, 9.17) is 16.7 Å². The molecular weight excluding hydrogens is 255 g/mol. The number of carbonyl (C=O) groups is 1. The fourth-order valence-corrected chi connectivity index (χ4v) is 1.91. The molecule has 0 aliphatic heterocycles. The molecule has 2 aromatic carbocycles. The third-order valence-electron chi connectivity index (χ3n) is 2.56. The Bertz CT molecular complexity index is 579. The molecule has 0 heterocycles. The summed E-state index contributed by atoms with van der Waals surface area (Å²) >= 11 is 5.79. The summed E-state index contributed by atoms with van der Waals surface area (Å²) in [5.74, 6) is -1.43. The molecule has 0 aromatic heterocycles. The fraction of sp³-hybridized carbons (Fsp3) is 0.0714. The second kappa shape index (κ2) is 5.19. The van der Waals surface area contributed by atoms with Crippen molar-refractivity contribution in [3.8, 4) is 11.1 Å². The highest BCUT2D eigenvalue weighted by atomic mass is 35.5. The maximum atomic E-state index is 13.2. The Kier molecular flexibility index (Phi) is 3.63. The van der Waals surface area contributed by atoms with E-state index in [0.29, 0.717) is 16.1 Å². The van der Waals surface area contributed by atoms with Gasteiger partial charge in [-0.05, 0) is 41.0 Å². The minimum atomic E-state index is -0.990. The molecule has 92 valence electrons. The first-order valence-electron chi connectivity index (χ1n) is 5.32. The topological polar surface area (TPSA) is 37.3 Å². The van der Waals surface area contributed by atoms with Gasteiger partial charge in [-0.2, -0.15) is 0 Å². The first-order chi connectivity index (χ1) is 8.56. The van der Waals surface area contributed by atoms with Gasteiger partial charge in [0.1, 0.15) is 5.82 Å². The Labute approximate surface area is 109 Å². The SMILES string of the molecule is O=C(O)Cc1cc(F)ccc1-c1ccc(Cl)cc1. The number of carboxylic acid groups (broad SMARTS) is 1. The van der Waals surface area contributed by atoms with E-state index in [0.717, 1.165) is 5.56 Å². The number of carboxylic acids is 1. The molecule has 0 fully saturated rings. The van der Waals surface area contributed by atoms with Crippen molar-refractivity contribution in [3.05, 3.63) is 58.9 Å². The van der Waals surface area contributed by atoms with Crippen molar-refractivity contribution < 1.29 is 14.3 Å². The smallest absolute Gasteiger partial charge is 0.307 e. The number of benzene rings is 2. The summed E-state index contributed by atoms with van der Waals surface area (Å²) in [4.78, 5) is 10.8. The largest absolute Gasteiger partial charge is 0.481 e. The van der Waals surface area contributed by atoms with Crippen LogP contribution in [-0.2, 0) is 11.2 Å². The lowest BCUT2D eigenvalue weighted by molar-refractivity contribution is -0.136. The third-order valence-corrected chi connectivity index (χ3v) is 2.82. The van der Waals surface area contributed by atoms with Gasteiger partial charge >= 0.3 is 5.97 Å². The molecule has 0 amide bonds. The van der Waals surface area contributed by atoms with E-state index in [-0.39, 0.29) is 6.42 Å². The lowest BCUT2D eigenvalue weighted by Gasteiger charge is -2.08. The summed E-state index contributed by atoms with van der Waals surface area (Å²) in [6, 6.07) is 11.1. The van der Waals surface area contributed by atoms with Crippen LogP contribution in [0.3, 0.4) is 0 Å². The molecule has 2 aromatic rings. The van der Waals surface area contributed by atoms with E-state index in [1.165, 1.54) is 12.1 Å². The Morgan fingerprint density at radius 2 is 1.83 bits per heavy atom. The average molecular weight is 265 g/mol. The maximum absolute atomic E-state index is 13.2. The minimum absolute atomic E-state index is 0.213. The van der Waals surface area contributed by atoms with E-state index in [1.54, 1.807) is 30.3 Å². The highest BCUT2D eigenvalue weighted by Crippen LogP contribution is 2.26. The molecule has 1 N–H and O–H groups in total. The monoisotopic (exact) mass is 264 g/mol. The summed E-state index contributed by atoms with van der Waals surface area (Å²) in [6.07, 6.45) is -0.213. The Morgan fingerprint density at radius 1 is 1.17 bits per heavy atom. The van der Waals surface area contributed by atoms with E-state index in [2.05, 4.69) is 0 Å². The molecule has 2 nitrogen and oxygen atoms in total. The van der Waals surface area contributed by atoms with Crippen molar-refractivity contribution in [1.29, 1.82) is 0 Å². The third kappa shape index (κ3) is 2.87. The normalized spacial score (nSPS) is 10.3. The summed E-state index contributed by atoms with van der Waals surface area (Å²) in [5.41, 5.74) is 1.97. The number of rotatable bonds is 3. The molecule has 0 unspecified atom stereocenters. The summed E-state index contributed by atoms with van der Waals surface area (Å²) < 4.78 is 13.2. The fourth-order valence-electron chi connectivity index (χ4n) is 1.78. The molecule has 0 aliphatic carbocycles. The molecule has 4 heteroatoms. The summed E-state index contributed by atoms with van der Waals surface area (Å²) in [6.45, 7) is 0. The van der Waals surface area contributed by atoms with Gasteiger partial charge in [-0.25, -0.2) is 4.39 Å². The highest BCUT2D eigenvalue weighted by Gasteiger charge is 2.10. The van der Waals surface area contributed by atoms with Crippen LogP contribution in [0.25, 0.3) is 11.1 Å². The van der Waals surface area contributed by atoms with Gasteiger partial charge in [-0.1, -0.05) is 29.8 Å². The van der Waals surface area contributed by atoms with Gasteiger partial charge in [0.15, 0.2) is 0 Å². The van der Waals surface area contributed by atoms with Crippen molar-refractivity contribution in [2.24, 2.45) is 0 Å². The second-order valence-electron chi connectivity index (χ2n) is 3.88. The van der Waals surface area contributed by atoms with Gasteiger partial charge < -0.3 is 5.11 Å². The van der Waals surface area contributed by atoms with Gasteiger partial charge in [-0.15, -0.1) is 0 Å². The van der Waals surface area contributed by atoms with Gasteiger partial charge in [-0.3, -0.25) is 4.79 Å². The quantitative estimate of drug-likeness (QED) is 0.916. The first kappa shape index (κ1) is 12.6. The Hall–Kier alpha value is -1.87. The Morgan fingerprint density at radius 3 is 2.44 bits per heavy atom. The zero-order chi connectivity index (χ0) is 13.1. The standard InChI is InChI=1S/C14H10ClFO2/c15-11-3-1-9(2-4-11)13-6-5-12(16)7-10(13)8-14(17)18/h1-7H,8H2,(H,17,18). The van der Waals surface area contributed by atoms with E-state index in [1.807, 2.05) is 0 Å². The van der Waals surface area contributed by atoms with Crippen LogP contribution in [0.2, 0.25) is 5.02 Å². The molecule has 18 heavy (non-hydrogen) atoms. The molecule has 0 radical (unpaired) electrons. The lowest BCUT2D eigenvalue weighted by atomic mass is 9.97. The van der Waals surface area contributed by atoms with Crippen LogP contribution in [0.1, 0.15) is 5.56 Å². The number of halogens is 2. The lowest BCUT2D eigenvalue weighted by Crippen LogP contribution is -2.02. The van der Waals surface area contributed by atoms with Gasteiger partial charge in [0, 0.05) is 5.02 Å². The summed E-state index contributed by atoms with van der Waals surface area (Å²) in [7, 11) is 0. The number of hydrogen-bond donors (Lipinski definition) is 1. The zero-order valence-corrected chi connectivity index (χ0v) is 10.1. The molecular formula is C14H10ClFO2. The molecule has 0 saturated heterocycles. The molecule has 0 spiro atoms. The van der Waals surface area contributed by atoms with Crippen molar-refractivity contribution in [2.45, 2.75) is 6.42 Å². The van der Waals surface area contributed by atoms with Crippen LogP contribution >= 0.6 is 11.6 Å². The van der Waals surface area contributed by atoms with Crippen LogP contribution in [0.5, 0.6) is 0 Å². The summed E-state index contributed by atoms with van der Waals surface area (Å²) in [5, 5.41) is 9.43. The molecule has 0 saturated carbocycles. The first-order valence-corrected chi connectivity index (χ1v) is 5.70. The predicted octanol–water partition coefficient (Wildman–Crippen LogP) is 3.77. The molecule has 2 rings (SSSR count). The van der Waals surface area contributed by atoms with E-state index >= 15 is 0 Å². The Balaban J connectivity index is 2.49. The van der Waals surface area contributed by atoms with E-state index < -0.39 is 11.8 Å². The minimum Gasteiger partial charge on any atom is -0.481 e. The van der Waals surface area contributed by atoms with Gasteiger partial charge in [0.25, 0.3) is 0 Å². The van der Waals surface area contributed by atoms with Crippen molar-refractivity contribution >= 4 is 17.6 Å². The highest BCUT2D eigenvalue weighted by molar-refractivity contribution is 6.30. The van der Waals surface area contributed by atoms with Crippen LogP contribution in [-0.4, -0.2) is 11.1 Å². The maximum Gasteiger partial charge on any atom is 0.307 e. The van der Waals surface area contributed by atoms with Crippen LogP contribution < -0.4 is 0 Å². The molecule has 0 atom stereocenters. The van der Waals surface area contributed by atoms with Crippen LogP contribution in [0.15, 0.2) is 42.5 Å². The van der Waals surface area contributed by atoms with Crippen molar-refractivity contribution in [2.75, 3.05) is 0 Å². The van der Waals surface area contributed by atoms with Crippen LogP contribution in [0.4, 0.5) is 4.39 Å². The van der Waals surface area contributed by atoms with E-state index in [9.17, 15) is 9.18 Å². The number of hydrogen-bond acceptors (Lipinski definition) is 1. The van der Waals surface area contributed by atoms with Crippen molar-refractivity contribution in [3.63, 3.8) is 0 Å². The second-order valence-corrected chi connectivity index (χ2v) is 4.32. The predicted molar refractivity (Wildman–Crippen MR) is 68.2 cm³/mol. The van der Waals surface area contributed by atoms with Crippen molar-refractivity contribution in [1.82, 2.24) is 0 Å². The zero-order valence-electron chi connectivity index (χ0n) is 9.36. The van der Waals surface area contributed by atoms with Gasteiger partial charge in [0.2, 0.25) is 0 Å². The van der Waals surface area contributed by atoms with Gasteiger partial charge in [0.05, 0.1) is 6.42 Å².